The van der Waals surface area contributed by atoms with Crippen LogP contribution >= 0.6 is 0 Å². The summed E-state index contributed by atoms with van der Waals surface area (Å²) in [6, 6.07) is 0.579. The molecule has 1 amide bonds. The van der Waals surface area contributed by atoms with Gasteiger partial charge in [-0.25, -0.2) is 0 Å². The monoisotopic (exact) mass is 223 g/mol. The zero-order valence-electron chi connectivity index (χ0n) is 10.1. The third kappa shape index (κ3) is 2.44. The number of hydrogen-bond donors (Lipinski definition) is 0. The third-order valence-corrected chi connectivity index (χ3v) is 3.62. The summed E-state index contributed by atoms with van der Waals surface area (Å²) in [5.74, 6) is 0.0724. The number of carbonyl (C=O) groups excluding carboxylic acids is 1. The van der Waals surface area contributed by atoms with Gasteiger partial charge in [-0.2, -0.15) is 0 Å². The Morgan fingerprint density at radius 2 is 2.00 bits per heavy atom. The molecule has 0 unspecified atom stereocenters. The maximum absolute atomic E-state index is 11.3. The highest BCUT2D eigenvalue weighted by Gasteiger charge is 2.33. The van der Waals surface area contributed by atoms with Gasteiger partial charge in [0.2, 0.25) is 5.91 Å². The first kappa shape index (κ1) is 11.6. The van der Waals surface area contributed by atoms with Crippen molar-refractivity contribution in [3.63, 3.8) is 0 Å². The molecule has 4 nitrogen and oxygen atoms in total. The molecular formula is C12H21N3O. The van der Waals surface area contributed by atoms with Crippen molar-refractivity contribution in [3.05, 3.63) is 12.7 Å². The molecule has 2 saturated heterocycles. The molecule has 4 heteroatoms. The van der Waals surface area contributed by atoms with Gasteiger partial charge in [-0.05, 0) is 32.6 Å². The van der Waals surface area contributed by atoms with Gasteiger partial charge in [0.05, 0.1) is 0 Å². The number of hydrogen-bond acceptors (Lipinski definition) is 3. The lowest BCUT2D eigenvalue weighted by Gasteiger charge is -2.44. The van der Waals surface area contributed by atoms with Crippen LogP contribution in [0.1, 0.15) is 6.42 Å². The molecule has 90 valence electrons. The Bertz CT molecular complexity index is 273. The molecule has 0 N–H and O–H groups in total. The van der Waals surface area contributed by atoms with Crippen molar-refractivity contribution in [2.45, 2.75) is 12.5 Å². The van der Waals surface area contributed by atoms with E-state index in [2.05, 4.69) is 23.4 Å². The highest BCUT2D eigenvalue weighted by atomic mass is 16.2. The molecular weight excluding hydrogens is 202 g/mol. The minimum Gasteiger partial charge on any atom is -0.336 e. The summed E-state index contributed by atoms with van der Waals surface area (Å²) in [6.45, 7) is 9.93. The van der Waals surface area contributed by atoms with E-state index in [0.29, 0.717) is 6.04 Å². The summed E-state index contributed by atoms with van der Waals surface area (Å²) in [5.41, 5.74) is 0. The fraction of sp³-hybridized carbons (Fsp3) is 0.750. The van der Waals surface area contributed by atoms with Crippen molar-refractivity contribution in [1.82, 2.24) is 14.7 Å². The van der Waals surface area contributed by atoms with Gasteiger partial charge in [-0.1, -0.05) is 6.58 Å². The molecule has 2 rings (SSSR count). The van der Waals surface area contributed by atoms with Crippen LogP contribution < -0.4 is 0 Å². The number of nitrogens with zero attached hydrogens (tertiary/aromatic N) is 3. The maximum atomic E-state index is 11.3. The molecule has 2 aliphatic rings. The van der Waals surface area contributed by atoms with Crippen molar-refractivity contribution in [1.29, 1.82) is 0 Å². The van der Waals surface area contributed by atoms with Crippen LogP contribution in [-0.4, -0.2) is 73.0 Å². The van der Waals surface area contributed by atoms with E-state index >= 15 is 0 Å². The van der Waals surface area contributed by atoms with Gasteiger partial charge < -0.3 is 9.80 Å². The Morgan fingerprint density at radius 3 is 2.69 bits per heavy atom. The van der Waals surface area contributed by atoms with Crippen LogP contribution in [0.5, 0.6) is 0 Å². The van der Waals surface area contributed by atoms with Crippen LogP contribution in [0.2, 0.25) is 0 Å². The minimum atomic E-state index is 0.0724. The van der Waals surface area contributed by atoms with E-state index in [1.165, 1.54) is 25.6 Å². The van der Waals surface area contributed by atoms with Crippen molar-refractivity contribution in [2.75, 3.05) is 46.3 Å². The van der Waals surface area contributed by atoms with Crippen molar-refractivity contribution >= 4 is 5.91 Å². The average Bonchev–Trinajstić information content (AvgIpc) is 2.41. The molecule has 2 fully saturated rings. The van der Waals surface area contributed by atoms with Crippen molar-refractivity contribution in [3.8, 4) is 0 Å². The van der Waals surface area contributed by atoms with Gasteiger partial charge in [-0.3, -0.25) is 9.69 Å². The Balaban J connectivity index is 1.78. The van der Waals surface area contributed by atoms with E-state index in [0.717, 1.165) is 26.2 Å². The topological polar surface area (TPSA) is 26.8 Å². The first-order chi connectivity index (χ1) is 7.70. The summed E-state index contributed by atoms with van der Waals surface area (Å²) in [7, 11) is 2.18. The summed E-state index contributed by atoms with van der Waals surface area (Å²) < 4.78 is 0. The summed E-state index contributed by atoms with van der Waals surface area (Å²) in [5, 5.41) is 0. The second-order valence-electron chi connectivity index (χ2n) is 4.79. The van der Waals surface area contributed by atoms with Crippen molar-refractivity contribution in [2.24, 2.45) is 0 Å². The van der Waals surface area contributed by atoms with Gasteiger partial charge in [0.15, 0.2) is 0 Å². The number of rotatable bonds is 2. The van der Waals surface area contributed by atoms with Gasteiger partial charge in [-0.15, -0.1) is 0 Å². The fourth-order valence-corrected chi connectivity index (χ4v) is 2.43. The van der Waals surface area contributed by atoms with Crippen LogP contribution in [0.4, 0.5) is 0 Å². The SMILES string of the molecule is C=CC(=O)N1CC(N2CCCN(C)CC2)C1. The van der Waals surface area contributed by atoms with Crippen LogP contribution in [0, 0.1) is 0 Å². The second-order valence-corrected chi connectivity index (χ2v) is 4.79. The van der Waals surface area contributed by atoms with Crippen LogP contribution in [0.3, 0.4) is 0 Å². The molecule has 16 heavy (non-hydrogen) atoms. The molecule has 0 spiro atoms. The molecule has 0 radical (unpaired) electrons. The largest absolute Gasteiger partial charge is 0.336 e. The fourth-order valence-electron chi connectivity index (χ4n) is 2.43. The molecule has 0 atom stereocenters. The average molecular weight is 223 g/mol. The van der Waals surface area contributed by atoms with Gasteiger partial charge >= 0.3 is 0 Å². The molecule has 0 saturated carbocycles. The van der Waals surface area contributed by atoms with Crippen molar-refractivity contribution < 1.29 is 4.79 Å². The Labute approximate surface area is 97.5 Å². The normalized spacial score (nSPS) is 24.9. The molecule has 0 aromatic rings. The maximum Gasteiger partial charge on any atom is 0.246 e. The molecule has 2 aliphatic heterocycles. The van der Waals surface area contributed by atoms with E-state index in [1.807, 2.05) is 4.90 Å². The van der Waals surface area contributed by atoms with E-state index < -0.39 is 0 Å². The number of likely N-dealkylation sites (tertiary alicyclic amines) is 1. The van der Waals surface area contributed by atoms with Gasteiger partial charge in [0, 0.05) is 32.2 Å². The minimum absolute atomic E-state index is 0.0724. The predicted octanol–water partition coefficient (Wildman–Crippen LogP) is 0.0207. The molecule has 0 aromatic carbocycles. The summed E-state index contributed by atoms with van der Waals surface area (Å²) in [6.07, 6.45) is 2.65. The number of amides is 1. The quantitative estimate of drug-likeness (QED) is 0.618. The first-order valence-corrected chi connectivity index (χ1v) is 6.04. The van der Waals surface area contributed by atoms with Gasteiger partial charge in [0.1, 0.15) is 0 Å². The highest BCUT2D eigenvalue weighted by Crippen LogP contribution is 2.17. The molecule has 0 bridgehead atoms. The Kier molecular flexibility index (Phi) is 3.61. The second kappa shape index (κ2) is 4.97. The van der Waals surface area contributed by atoms with Gasteiger partial charge in [0.25, 0.3) is 0 Å². The highest BCUT2D eigenvalue weighted by molar-refractivity contribution is 5.87. The lowest BCUT2D eigenvalue weighted by Crippen LogP contribution is -2.61. The lowest BCUT2D eigenvalue weighted by atomic mass is 10.1. The molecule has 2 heterocycles. The standard InChI is InChI=1S/C12H21N3O/c1-3-12(16)15-9-11(10-15)14-6-4-5-13(2)7-8-14/h3,11H,1,4-10H2,2H3. The zero-order valence-corrected chi connectivity index (χ0v) is 10.1. The zero-order chi connectivity index (χ0) is 11.5. The van der Waals surface area contributed by atoms with Crippen LogP contribution in [0.25, 0.3) is 0 Å². The van der Waals surface area contributed by atoms with E-state index in [1.54, 1.807) is 0 Å². The van der Waals surface area contributed by atoms with E-state index in [9.17, 15) is 4.79 Å². The van der Waals surface area contributed by atoms with Crippen LogP contribution in [-0.2, 0) is 4.79 Å². The summed E-state index contributed by atoms with van der Waals surface area (Å²) >= 11 is 0. The summed E-state index contributed by atoms with van der Waals surface area (Å²) in [4.78, 5) is 18.1. The third-order valence-electron chi connectivity index (χ3n) is 3.62. The predicted molar refractivity (Wildman–Crippen MR) is 64.3 cm³/mol. The first-order valence-electron chi connectivity index (χ1n) is 6.04. The smallest absolute Gasteiger partial charge is 0.246 e. The Hall–Kier alpha value is -0.870. The number of carbonyl (C=O) groups is 1. The number of likely N-dealkylation sites (N-methyl/N-ethyl adjacent to an activating group) is 1. The van der Waals surface area contributed by atoms with E-state index in [4.69, 9.17) is 0 Å². The molecule has 0 aliphatic carbocycles. The Morgan fingerprint density at radius 1 is 1.25 bits per heavy atom. The lowest BCUT2D eigenvalue weighted by molar-refractivity contribution is -0.133. The van der Waals surface area contributed by atoms with Crippen LogP contribution in [0.15, 0.2) is 12.7 Å². The van der Waals surface area contributed by atoms with E-state index in [-0.39, 0.29) is 5.91 Å². The molecule has 0 aromatic heterocycles.